The van der Waals surface area contributed by atoms with Gasteiger partial charge in [0.15, 0.2) is 0 Å². The predicted molar refractivity (Wildman–Crippen MR) is 105 cm³/mol. The van der Waals surface area contributed by atoms with Crippen LogP contribution in [0.3, 0.4) is 0 Å². The van der Waals surface area contributed by atoms with E-state index in [2.05, 4.69) is 0 Å². The summed E-state index contributed by atoms with van der Waals surface area (Å²) < 4.78 is 79.6. The minimum atomic E-state index is -4.79. The number of hydrogen-bond acceptors (Lipinski definition) is 4. The topological polar surface area (TPSA) is 77.9 Å². The van der Waals surface area contributed by atoms with Crippen LogP contribution in [0.2, 0.25) is 0 Å². The largest absolute Gasteiger partial charge is 0.481 e. The first kappa shape index (κ1) is 23.0. The highest BCUT2D eigenvalue weighted by atomic mass is 32.2. The summed E-state index contributed by atoms with van der Waals surface area (Å²) >= 11 is 0. The molecule has 3 rings (SSSR count). The third-order valence-corrected chi connectivity index (χ3v) is 7.06. The standard InChI is InChI=1S/C20H20F4N2O4S/c1-13-12-25(15-5-6-17(18(21)11-15)20(22,23)24)7-8-26(13)31(29,30)16-4-2-3-14(9-16)10-19(27)28/h2-6,9,11,13H,7-8,10,12H2,1H3,(H,27,28). The second-order valence-corrected chi connectivity index (χ2v) is 9.18. The molecule has 11 heteroatoms. The third kappa shape index (κ3) is 4.99. The fourth-order valence-corrected chi connectivity index (χ4v) is 5.27. The van der Waals surface area contributed by atoms with Crippen LogP contribution in [0.25, 0.3) is 0 Å². The van der Waals surface area contributed by atoms with E-state index in [0.717, 1.165) is 12.1 Å². The Labute approximate surface area is 176 Å². The average molecular weight is 460 g/mol. The first-order chi connectivity index (χ1) is 14.4. The van der Waals surface area contributed by atoms with Crippen molar-refractivity contribution in [3.8, 4) is 0 Å². The molecule has 1 saturated heterocycles. The number of rotatable bonds is 5. The van der Waals surface area contributed by atoms with E-state index >= 15 is 0 Å². The van der Waals surface area contributed by atoms with Crippen molar-refractivity contribution in [2.45, 2.75) is 30.5 Å². The lowest BCUT2D eigenvalue weighted by Gasteiger charge is -2.40. The maximum absolute atomic E-state index is 13.9. The molecule has 1 atom stereocenters. The number of halogens is 4. The summed E-state index contributed by atoms with van der Waals surface area (Å²) in [6.07, 6.45) is -5.11. The van der Waals surface area contributed by atoms with Crippen LogP contribution in [-0.2, 0) is 27.4 Å². The minimum absolute atomic E-state index is 0.0351. The van der Waals surface area contributed by atoms with Gasteiger partial charge in [0, 0.05) is 31.4 Å². The average Bonchev–Trinajstić information content (AvgIpc) is 2.66. The van der Waals surface area contributed by atoms with Gasteiger partial charge in [-0.2, -0.15) is 17.5 Å². The number of aliphatic carboxylic acids is 1. The molecule has 0 saturated carbocycles. The summed E-state index contributed by atoms with van der Waals surface area (Å²) in [6.45, 7) is 1.99. The van der Waals surface area contributed by atoms with E-state index in [-0.39, 0.29) is 36.6 Å². The van der Waals surface area contributed by atoms with Gasteiger partial charge in [0.1, 0.15) is 5.82 Å². The molecular formula is C20H20F4N2O4S. The lowest BCUT2D eigenvalue weighted by molar-refractivity contribution is -0.140. The van der Waals surface area contributed by atoms with Crippen LogP contribution in [0, 0.1) is 5.82 Å². The zero-order chi connectivity index (χ0) is 23.0. The van der Waals surface area contributed by atoms with Crippen LogP contribution in [-0.4, -0.2) is 49.5 Å². The van der Waals surface area contributed by atoms with Crippen molar-refractivity contribution in [1.82, 2.24) is 4.31 Å². The van der Waals surface area contributed by atoms with Crippen LogP contribution in [0.4, 0.5) is 23.2 Å². The second kappa shape index (κ2) is 8.46. The fourth-order valence-electron chi connectivity index (χ4n) is 3.59. The highest BCUT2D eigenvalue weighted by molar-refractivity contribution is 7.89. The molecule has 31 heavy (non-hydrogen) atoms. The van der Waals surface area contributed by atoms with Crippen molar-refractivity contribution in [2.24, 2.45) is 0 Å². The summed E-state index contributed by atoms with van der Waals surface area (Å²) in [5.41, 5.74) is -0.773. The Kier molecular flexibility index (Phi) is 6.28. The Morgan fingerprint density at radius 2 is 1.87 bits per heavy atom. The Morgan fingerprint density at radius 1 is 1.16 bits per heavy atom. The summed E-state index contributed by atoms with van der Waals surface area (Å²) in [5, 5.41) is 8.92. The molecule has 6 nitrogen and oxygen atoms in total. The quantitative estimate of drug-likeness (QED) is 0.693. The molecule has 0 spiro atoms. The Bertz CT molecular complexity index is 1090. The Balaban J connectivity index is 1.78. The van der Waals surface area contributed by atoms with E-state index in [4.69, 9.17) is 5.11 Å². The monoisotopic (exact) mass is 460 g/mol. The van der Waals surface area contributed by atoms with Crippen LogP contribution in [0.5, 0.6) is 0 Å². The Hall–Kier alpha value is -2.66. The van der Waals surface area contributed by atoms with Gasteiger partial charge >= 0.3 is 12.1 Å². The molecule has 0 aromatic heterocycles. The second-order valence-electron chi connectivity index (χ2n) is 7.29. The molecule has 1 heterocycles. The zero-order valence-electron chi connectivity index (χ0n) is 16.4. The zero-order valence-corrected chi connectivity index (χ0v) is 17.3. The number of anilines is 1. The number of alkyl halides is 3. The SMILES string of the molecule is CC1CN(c2ccc(C(F)(F)F)c(F)c2)CCN1S(=O)(=O)c1cccc(CC(=O)O)c1. The summed E-state index contributed by atoms with van der Waals surface area (Å²) in [4.78, 5) is 12.5. The van der Waals surface area contributed by atoms with Crippen LogP contribution < -0.4 is 4.90 Å². The minimum Gasteiger partial charge on any atom is -0.481 e. The molecule has 0 aliphatic carbocycles. The molecule has 1 unspecified atom stereocenters. The molecule has 1 fully saturated rings. The molecule has 1 aliphatic rings. The van der Waals surface area contributed by atoms with E-state index in [0.29, 0.717) is 11.6 Å². The van der Waals surface area contributed by atoms with Gasteiger partial charge in [-0.1, -0.05) is 12.1 Å². The van der Waals surface area contributed by atoms with Gasteiger partial charge in [0.05, 0.1) is 16.9 Å². The summed E-state index contributed by atoms with van der Waals surface area (Å²) in [7, 11) is -3.92. The number of carbonyl (C=O) groups is 1. The predicted octanol–water partition coefficient (Wildman–Crippen LogP) is 3.37. The van der Waals surface area contributed by atoms with Crippen molar-refractivity contribution >= 4 is 21.7 Å². The number of nitrogens with zero attached hydrogens (tertiary/aromatic N) is 2. The molecule has 168 valence electrons. The number of piperazine rings is 1. The van der Waals surface area contributed by atoms with Gasteiger partial charge in [-0.3, -0.25) is 4.79 Å². The number of sulfonamides is 1. The van der Waals surface area contributed by atoms with E-state index in [1.807, 2.05) is 0 Å². The summed E-state index contributed by atoms with van der Waals surface area (Å²) in [6, 6.07) is 7.77. The smallest absolute Gasteiger partial charge is 0.419 e. The van der Waals surface area contributed by atoms with E-state index in [9.17, 15) is 30.8 Å². The number of carboxylic acid groups (broad SMARTS) is 1. The van der Waals surface area contributed by atoms with Crippen molar-refractivity contribution < 1.29 is 35.9 Å². The molecule has 1 aliphatic heterocycles. The molecule has 2 aromatic rings. The Morgan fingerprint density at radius 3 is 2.45 bits per heavy atom. The van der Waals surface area contributed by atoms with Crippen molar-refractivity contribution in [3.63, 3.8) is 0 Å². The van der Waals surface area contributed by atoms with Gasteiger partial charge in [-0.15, -0.1) is 0 Å². The molecule has 0 bridgehead atoms. The first-order valence-corrected chi connectivity index (χ1v) is 10.8. The third-order valence-electron chi connectivity index (χ3n) is 5.05. The fraction of sp³-hybridized carbons (Fsp3) is 0.350. The molecule has 0 amide bonds. The van der Waals surface area contributed by atoms with Crippen molar-refractivity contribution in [1.29, 1.82) is 0 Å². The van der Waals surface area contributed by atoms with Gasteiger partial charge in [0.2, 0.25) is 10.0 Å². The molecule has 0 radical (unpaired) electrons. The maximum atomic E-state index is 13.9. The van der Waals surface area contributed by atoms with Gasteiger partial charge < -0.3 is 10.0 Å². The van der Waals surface area contributed by atoms with Crippen LogP contribution >= 0.6 is 0 Å². The van der Waals surface area contributed by atoms with E-state index in [1.54, 1.807) is 11.8 Å². The van der Waals surface area contributed by atoms with Crippen LogP contribution in [0.1, 0.15) is 18.1 Å². The van der Waals surface area contributed by atoms with E-state index in [1.165, 1.54) is 28.6 Å². The van der Waals surface area contributed by atoms with Gasteiger partial charge in [-0.05, 0) is 42.8 Å². The molecular weight excluding hydrogens is 440 g/mol. The summed E-state index contributed by atoms with van der Waals surface area (Å²) in [5.74, 6) is -2.47. The first-order valence-electron chi connectivity index (χ1n) is 9.34. The lowest BCUT2D eigenvalue weighted by atomic mass is 10.1. The maximum Gasteiger partial charge on any atom is 0.419 e. The van der Waals surface area contributed by atoms with E-state index < -0.39 is 39.6 Å². The number of hydrogen-bond donors (Lipinski definition) is 1. The molecule has 1 N–H and O–H groups in total. The highest BCUT2D eigenvalue weighted by Crippen LogP contribution is 2.34. The van der Waals surface area contributed by atoms with Gasteiger partial charge in [-0.25, -0.2) is 12.8 Å². The highest BCUT2D eigenvalue weighted by Gasteiger charge is 2.36. The number of benzene rings is 2. The molecule has 2 aromatic carbocycles. The van der Waals surface area contributed by atoms with Gasteiger partial charge in [0.25, 0.3) is 0 Å². The lowest BCUT2D eigenvalue weighted by Crippen LogP contribution is -2.54. The van der Waals surface area contributed by atoms with Crippen molar-refractivity contribution in [2.75, 3.05) is 24.5 Å². The van der Waals surface area contributed by atoms with Crippen LogP contribution in [0.15, 0.2) is 47.4 Å². The van der Waals surface area contributed by atoms with Crippen molar-refractivity contribution in [3.05, 3.63) is 59.4 Å². The number of carboxylic acids is 1. The normalized spacial score (nSPS) is 18.2.